The van der Waals surface area contributed by atoms with Crippen LogP contribution in [0.2, 0.25) is 0 Å². The smallest absolute Gasteiger partial charge is 0.268 e. The van der Waals surface area contributed by atoms with Crippen molar-refractivity contribution in [2.75, 3.05) is 5.32 Å². The Morgan fingerprint density at radius 3 is 2.58 bits per heavy atom. The molecule has 0 atom stereocenters. The molecule has 2 aromatic carbocycles. The summed E-state index contributed by atoms with van der Waals surface area (Å²) in [5.41, 5.74) is 0.768. The third kappa shape index (κ3) is 6.00. The first-order valence-electron chi connectivity index (χ1n) is 9.67. The maximum Gasteiger partial charge on any atom is 0.268 e. The van der Waals surface area contributed by atoms with E-state index in [4.69, 9.17) is 4.74 Å². The van der Waals surface area contributed by atoms with Gasteiger partial charge in [-0.3, -0.25) is 10.1 Å². The van der Waals surface area contributed by atoms with Crippen molar-refractivity contribution in [1.29, 1.82) is 5.26 Å². The number of hydrogen-bond donors (Lipinski definition) is 1. The molecule has 0 bridgehead atoms. The average Bonchev–Trinajstić information content (AvgIpc) is 3.27. The highest BCUT2D eigenvalue weighted by Crippen LogP contribution is 2.20. The highest BCUT2D eigenvalue weighted by atomic mass is 32.2. The Bertz CT molecular complexity index is 1330. The molecule has 0 aliphatic rings. The van der Waals surface area contributed by atoms with E-state index < -0.39 is 21.0 Å². The molecular formula is C22H19FN4O4S2. The minimum absolute atomic E-state index is 0.0303. The minimum atomic E-state index is -3.67. The Morgan fingerprint density at radius 2 is 1.94 bits per heavy atom. The zero-order valence-electron chi connectivity index (χ0n) is 17.6. The number of sulfone groups is 1. The summed E-state index contributed by atoms with van der Waals surface area (Å²) in [5, 5.41) is 10.7. The number of benzene rings is 2. The van der Waals surface area contributed by atoms with Crippen LogP contribution in [0.1, 0.15) is 25.0 Å². The number of nitriles is 1. The van der Waals surface area contributed by atoms with Crippen LogP contribution < -0.4 is 10.1 Å². The summed E-state index contributed by atoms with van der Waals surface area (Å²) in [4.78, 5) is 16.3. The summed E-state index contributed by atoms with van der Waals surface area (Å²) in [6, 6.07) is 14.6. The van der Waals surface area contributed by atoms with Crippen molar-refractivity contribution in [2.45, 2.75) is 30.9 Å². The SMILES string of the molecule is CC(C)S(=O)(=O)c1nsc(NC(=O)C(C#N)=Cc2ccc(OCc3ccccc3F)cc2)n1. The van der Waals surface area contributed by atoms with Crippen LogP contribution in [-0.4, -0.2) is 28.9 Å². The number of carbonyl (C=O) groups excluding carboxylic acids is 1. The molecule has 1 heterocycles. The number of aromatic nitrogens is 2. The number of hydrogen-bond acceptors (Lipinski definition) is 8. The fraction of sp³-hybridized carbons (Fsp3) is 0.182. The van der Waals surface area contributed by atoms with E-state index in [0.29, 0.717) is 28.4 Å². The summed E-state index contributed by atoms with van der Waals surface area (Å²) in [6.07, 6.45) is 1.36. The molecule has 1 aromatic heterocycles. The van der Waals surface area contributed by atoms with Gasteiger partial charge in [0.2, 0.25) is 15.0 Å². The standard InChI is InChI=1S/C22H19FN4O4S2/c1-14(2)33(29,30)22-26-21(32-27-22)25-20(28)17(12-24)11-15-7-9-18(10-8-15)31-13-16-5-3-4-6-19(16)23/h3-11,14H,13H2,1-2H3,(H,25,26,27,28). The number of anilines is 1. The zero-order chi connectivity index (χ0) is 24.0. The van der Waals surface area contributed by atoms with Crippen molar-refractivity contribution < 1.29 is 22.3 Å². The monoisotopic (exact) mass is 486 g/mol. The molecule has 0 unspecified atom stereocenters. The van der Waals surface area contributed by atoms with Gasteiger partial charge in [-0.1, -0.05) is 30.3 Å². The van der Waals surface area contributed by atoms with Crippen LogP contribution in [0.25, 0.3) is 6.08 Å². The Hall–Kier alpha value is -3.62. The summed E-state index contributed by atoms with van der Waals surface area (Å²) in [7, 11) is -3.67. The van der Waals surface area contributed by atoms with Crippen molar-refractivity contribution in [1.82, 2.24) is 9.36 Å². The van der Waals surface area contributed by atoms with Crippen LogP contribution in [-0.2, 0) is 21.2 Å². The quantitative estimate of drug-likeness (QED) is 0.377. The highest BCUT2D eigenvalue weighted by Gasteiger charge is 2.25. The van der Waals surface area contributed by atoms with Gasteiger partial charge in [0, 0.05) is 17.1 Å². The first-order valence-corrected chi connectivity index (χ1v) is 12.0. The predicted molar refractivity (Wildman–Crippen MR) is 122 cm³/mol. The molecular weight excluding hydrogens is 467 g/mol. The molecule has 0 saturated carbocycles. The van der Waals surface area contributed by atoms with Crippen molar-refractivity contribution in [3.8, 4) is 11.8 Å². The number of nitrogens with zero attached hydrogens (tertiary/aromatic N) is 3. The summed E-state index contributed by atoms with van der Waals surface area (Å²) in [5.74, 6) is -0.612. The van der Waals surface area contributed by atoms with E-state index in [1.54, 1.807) is 42.5 Å². The summed E-state index contributed by atoms with van der Waals surface area (Å²) in [6.45, 7) is 3.06. The van der Waals surface area contributed by atoms with E-state index in [0.717, 1.165) is 0 Å². The molecule has 3 aromatic rings. The normalized spacial score (nSPS) is 11.8. The van der Waals surface area contributed by atoms with E-state index in [-0.39, 0.29) is 28.3 Å². The molecule has 33 heavy (non-hydrogen) atoms. The number of halogens is 1. The van der Waals surface area contributed by atoms with Crippen molar-refractivity contribution in [3.63, 3.8) is 0 Å². The molecule has 1 N–H and O–H groups in total. The fourth-order valence-electron chi connectivity index (χ4n) is 2.50. The lowest BCUT2D eigenvalue weighted by molar-refractivity contribution is -0.112. The van der Waals surface area contributed by atoms with Crippen LogP contribution in [0.3, 0.4) is 0 Å². The van der Waals surface area contributed by atoms with Gasteiger partial charge in [-0.05, 0) is 43.7 Å². The van der Waals surface area contributed by atoms with Crippen LogP contribution in [0.4, 0.5) is 9.52 Å². The summed E-state index contributed by atoms with van der Waals surface area (Å²) < 4.78 is 47.2. The molecule has 0 fully saturated rings. The van der Waals surface area contributed by atoms with Crippen molar-refractivity contribution >= 4 is 38.5 Å². The van der Waals surface area contributed by atoms with Crippen LogP contribution in [0.15, 0.2) is 59.3 Å². The van der Waals surface area contributed by atoms with E-state index >= 15 is 0 Å². The molecule has 0 radical (unpaired) electrons. The van der Waals surface area contributed by atoms with E-state index in [2.05, 4.69) is 14.7 Å². The molecule has 0 saturated heterocycles. The van der Waals surface area contributed by atoms with E-state index in [1.165, 1.54) is 26.0 Å². The van der Waals surface area contributed by atoms with Crippen molar-refractivity contribution in [3.05, 3.63) is 71.0 Å². The number of nitrogens with one attached hydrogen (secondary N) is 1. The Morgan fingerprint density at radius 1 is 1.24 bits per heavy atom. The lowest BCUT2D eigenvalue weighted by atomic mass is 10.1. The predicted octanol–water partition coefficient (Wildman–Crippen LogP) is 3.98. The maximum atomic E-state index is 13.7. The van der Waals surface area contributed by atoms with Gasteiger partial charge in [0.25, 0.3) is 11.1 Å². The topological polar surface area (TPSA) is 122 Å². The summed E-state index contributed by atoms with van der Waals surface area (Å²) >= 11 is 0.711. The maximum absolute atomic E-state index is 13.7. The lowest BCUT2D eigenvalue weighted by Gasteiger charge is -2.07. The number of carbonyl (C=O) groups is 1. The molecule has 0 aliphatic heterocycles. The molecule has 0 spiro atoms. The Balaban J connectivity index is 1.66. The first kappa shape index (κ1) is 24.0. The zero-order valence-corrected chi connectivity index (χ0v) is 19.3. The Labute approximate surface area is 194 Å². The van der Waals surface area contributed by atoms with Crippen LogP contribution in [0.5, 0.6) is 5.75 Å². The molecule has 8 nitrogen and oxygen atoms in total. The molecule has 11 heteroatoms. The Kier molecular flexibility index (Phi) is 7.52. The van der Waals surface area contributed by atoms with Gasteiger partial charge < -0.3 is 4.74 Å². The number of ether oxygens (including phenoxy) is 1. The van der Waals surface area contributed by atoms with Crippen LogP contribution >= 0.6 is 11.5 Å². The van der Waals surface area contributed by atoms with Crippen molar-refractivity contribution in [2.24, 2.45) is 0 Å². The largest absolute Gasteiger partial charge is 0.489 e. The average molecular weight is 487 g/mol. The second kappa shape index (κ2) is 10.3. The van der Waals surface area contributed by atoms with E-state index in [9.17, 15) is 22.9 Å². The van der Waals surface area contributed by atoms with Gasteiger partial charge >= 0.3 is 0 Å². The van der Waals surface area contributed by atoms with Gasteiger partial charge in [-0.2, -0.15) is 14.6 Å². The fourth-order valence-corrected chi connectivity index (χ4v) is 4.20. The number of amides is 1. The lowest BCUT2D eigenvalue weighted by Crippen LogP contribution is -2.16. The molecule has 0 aliphatic carbocycles. The molecule has 1 amide bonds. The number of rotatable bonds is 8. The van der Waals surface area contributed by atoms with Gasteiger partial charge in [-0.15, -0.1) is 0 Å². The second-order valence-corrected chi connectivity index (χ2v) is 10.2. The van der Waals surface area contributed by atoms with Gasteiger partial charge in [0.15, 0.2) is 0 Å². The minimum Gasteiger partial charge on any atom is -0.489 e. The highest BCUT2D eigenvalue weighted by molar-refractivity contribution is 7.91. The molecule has 3 rings (SSSR count). The van der Waals surface area contributed by atoms with Gasteiger partial charge in [0.1, 0.15) is 29.8 Å². The third-order valence-corrected chi connectivity index (χ3v) is 7.09. The first-order chi connectivity index (χ1) is 15.7. The van der Waals surface area contributed by atoms with Gasteiger partial charge in [-0.25, -0.2) is 12.8 Å². The van der Waals surface area contributed by atoms with Gasteiger partial charge in [0.05, 0.1) is 5.25 Å². The van der Waals surface area contributed by atoms with Crippen LogP contribution in [0, 0.1) is 17.1 Å². The molecule has 170 valence electrons. The third-order valence-electron chi connectivity index (χ3n) is 4.41. The van der Waals surface area contributed by atoms with E-state index in [1.807, 2.05) is 6.07 Å². The second-order valence-electron chi connectivity index (χ2n) is 7.05.